The van der Waals surface area contributed by atoms with E-state index in [4.69, 9.17) is 5.11 Å². The van der Waals surface area contributed by atoms with Crippen molar-refractivity contribution in [1.29, 1.82) is 0 Å². The summed E-state index contributed by atoms with van der Waals surface area (Å²) in [6, 6.07) is 11.7. The SMILES string of the molecule is O=C(NCC[C@H](CCO)c1ccsc1)NCc1ccccc1. The van der Waals surface area contributed by atoms with Gasteiger partial charge < -0.3 is 15.7 Å². The van der Waals surface area contributed by atoms with Crippen molar-refractivity contribution >= 4 is 17.4 Å². The smallest absolute Gasteiger partial charge is 0.315 e. The van der Waals surface area contributed by atoms with Gasteiger partial charge in [-0.15, -0.1) is 0 Å². The standard InChI is InChI=1S/C17H22N2O2S/c20-10-7-15(16-8-11-22-13-16)6-9-18-17(21)19-12-14-4-2-1-3-5-14/h1-5,8,11,13,15,20H,6-7,9-10,12H2,(H2,18,19,21)/t15-/m1/s1. The maximum atomic E-state index is 11.8. The number of thiophene rings is 1. The van der Waals surface area contributed by atoms with Crippen LogP contribution in [-0.2, 0) is 6.54 Å². The number of rotatable bonds is 8. The predicted octanol–water partition coefficient (Wildman–Crippen LogP) is 3.10. The lowest BCUT2D eigenvalue weighted by Crippen LogP contribution is -2.36. The van der Waals surface area contributed by atoms with Crippen LogP contribution >= 0.6 is 11.3 Å². The van der Waals surface area contributed by atoms with Crippen LogP contribution in [0.3, 0.4) is 0 Å². The van der Waals surface area contributed by atoms with Crippen LogP contribution in [0.2, 0.25) is 0 Å². The molecule has 1 aromatic heterocycles. The van der Waals surface area contributed by atoms with Gasteiger partial charge in [-0.2, -0.15) is 11.3 Å². The van der Waals surface area contributed by atoms with Crippen molar-refractivity contribution in [2.45, 2.75) is 25.3 Å². The molecule has 2 aromatic rings. The Labute approximate surface area is 135 Å². The van der Waals surface area contributed by atoms with Gasteiger partial charge in [-0.3, -0.25) is 0 Å². The predicted molar refractivity (Wildman–Crippen MR) is 90.1 cm³/mol. The molecule has 2 amide bonds. The Hall–Kier alpha value is -1.85. The minimum atomic E-state index is -0.156. The summed E-state index contributed by atoms with van der Waals surface area (Å²) in [6.07, 6.45) is 1.56. The molecule has 0 bridgehead atoms. The highest BCUT2D eigenvalue weighted by atomic mass is 32.1. The third kappa shape index (κ3) is 5.50. The molecule has 0 aliphatic heterocycles. The molecule has 0 radical (unpaired) electrons. The third-order valence-corrected chi connectivity index (χ3v) is 4.27. The van der Waals surface area contributed by atoms with E-state index in [2.05, 4.69) is 22.1 Å². The molecule has 0 aliphatic carbocycles. The van der Waals surface area contributed by atoms with Gasteiger partial charge in [0, 0.05) is 19.7 Å². The number of aliphatic hydroxyl groups is 1. The van der Waals surface area contributed by atoms with Crippen LogP contribution in [0.25, 0.3) is 0 Å². The fourth-order valence-corrected chi connectivity index (χ4v) is 3.08. The van der Waals surface area contributed by atoms with Crippen molar-refractivity contribution in [1.82, 2.24) is 10.6 Å². The Morgan fingerprint density at radius 2 is 1.95 bits per heavy atom. The van der Waals surface area contributed by atoms with Gasteiger partial charge in [0.25, 0.3) is 0 Å². The maximum absolute atomic E-state index is 11.8. The summed E-state index contributed by atoms with van der Waals surface area (Å²) in [6.45, 7) is 1.29. The molecule has 0 aliphatic rings. The van der Waals surface area contributed by atoms with Gasteiger partial charge in [-0.1, -0.05) is 30.3 Å². The molecular formula is C17H22N2O2S. The van der Waals surface area contributed by atoms with Crippen molar-refractivity contribution < 1.29 is 9.90 Å². The Morgan fingerprint density at radius 3 is 2.64 bits per heavy atom. The fraction of sp³-hybridized carbons (Fsp3) is 0.353. The molecule has 5 heteroatoms. The first-order valence-corrected chi connectivity index (χ1v) is 8.42. The summed E-state index contributed by atoms with van der Waals surface area (Å²) in [5, 5.41) is 19.0. The molecule has 3 N–H and O–H groups in total. The maximum Gasteiger partial charge on any atom is 0.315 e. The molecule has 22 heavy (non-hydrogen) atoms. The summed E-state index contributed by atoms with van der Waals surface area (Å²) >= 11 is 1.66. The number of hydrogen-bond acceptors (Lipinski definition) is 3. The molecule has 1 atom stereocenters. The number of carbonyl (C=O) groups is 1. The zero-order valence-corrected chi connectivity index (χ0v) is 13.3. The van der Waals surface area contributed by atoms with E-state index >= 15 is 0 Å². The topological polar surface area (TPSA) is 61.4 Å². The Balaban J connectivity index is 1.69. The van der Waals surface area contributed by atoms with Crippen LogP contribution in [0.4, 0.5) is 4.79 Å². The van der Waals surface area contributed by atoms with E-state index in [0.717, 1.165) is 18.4 Å². The molecule has 0 spiro atoms. The molecular weight excluding hydrogens is 296 g/mol. The highest BCUT2D eigenvalue weighted by molar-refractivity contribution is 7.07. The summed E-state index contributed by atoms with van der Waals surface area (Å²) in [5.41, 5.74) is 2.32. The van der Waals surface area contributed by atoms with Gasteiger partial charge in [0.2, 0.25) is 0 Å². The van der Waals surface area contributed by atoms with Crippen LogP contribution < -0.4 is 10.6 Å². The van der Waals surface area contributed by atoms with Gasteiger partial charge in [0.1, 0.15) is 0 Å². The van der Waals surface area contributed by atoms with E-state index in [-0.39, 0.29) is 12.6 Å². The van der Waals surface area contributed by atoms with E-state index in [1.54, 1.807) is 11.3 Å². The molecule has 118 valence electrons. The molecule has 2 rings (SSSR count). The number of aliphatic hydroxyl groups excluding tert-OH is 1. The minimum Gasteiger partial charge on any atom is -0.396 e. The van der Waals surface area contributed by atoms with Crippen LogP contribution in [-0.4, -0.2) is 24.3 Å². The van der Waals surface area contributed by atoms with E-state index < -0.39 is 0 Å². The lowest BCUT2D eigenvalue weighted by Gasteiger charge is -2.15. The van der Waals surface area contributed by atoms with Crippen LogP contribution in [0.5, 0.6) is 0 Å². The average molecular weight is 318 g/mol. The van der Waals surface area contributed by atoms with Crippen LogP contribution in [0.1, 0.15) is 29.9 Å². The Kier molecular flexibility index (Phi) is 6.93. The number of amides is 2. The Bertz CT molecular complexity index is 543. The van der Waals surface area contributed by atoms with Crippen LogP contribution in [0.15, 0.2) is 47.2 Å². The van der Waals surface area contributed by atoms with Gasteiger partial charge in [0.15, 0.2) is 0 Å². The highest BCUT2D eigenvalue weighted by Gasteiger charge is 2.12. The van der Waals surface area contributed by atoms with E-state index in [0.29, 0.717) is 19.0 Å². The summed E-state index contributed by atoms with van der Waals surface area (Å²) in [7, 11) is 0. The first-order valence-electron chi connectivity index (χ1n) is 7.48. The fourth-order valence-electron chi connectivity index (χ4n) is 2.34. The molecule has 1 heterocycles. The zero-order chi connectivity index (χ0) is 15.6. The summed E-state index contributed by atoms with van der Waals surface area (Å²) in [4.78, 5) is 11.8. The van der Waals surface area contributed by atoms with Gasteiger partial charge in [-0.05, 0) is 46.7 Å². The number of benzene rings is 1. The lowest BCUT2D eigenvalue weighted by molar-refractivity contribution is 0.239. The molecule has 0 fully saturated rings. The van der Waals surface area contributed by atoms with Crippen molar-refractivity contribution in [3.63, 3.8) is 0 Å². The van der Waals surface area contributed by atoms with Crippen molar-refractivity contribution in [3.05, 3.63) is 58.3 Å². The molecule has 0 saturated carbocycles. The van der Waals surface area contributed by atoms with Crippen molar-refractivity contribution in [2.24, 2.45) is 0 Å². The van der Waals surface area contributed by atoms with E-state index in [9.17, 15) is 4.79 Å². The van der Waals surface area contributed by atoms with Gasteiger partial charge in [-0.25, -0.2) is 4.79 Å². The van der Waals surface area contributed by atoms with Gasteiger partial charge >= 0.3 is 6.03 Å². The lowest BCUT2D eigenvalue weighted by atomic mass is 9.95. The second-order valence-corrected chi connectivity index (χ2v) is 5.93. The number of carbonyl (C=O) groups excluding carboxylic acids is 1. The average Bonchev–Trinajstić information content (AvgIpc) is 3.07. The van der Waals surface area contributed by atoms with Crippen LogP contribution in [0, 0.1) is 0 Å². The van der Waals surface area contributed by atoms with Crippen molar-refractivity contribution in [3.8, 4) is 0 Å². The van der Waals surface area contributed by atoms with E-state index in [1.807, 2.05) is 35.7 Å². The molecule has 1 aromatic carbocycles. The number of nitrogens with one attached hydrogen (secondary N) is 2. The largest absolute Gasteiger partial charge is 0.396 e. The van der Waals surface area contributed by atoms with Gasteiger partial charge in [0.05, 0.1) is 0 Å². The molecule has 4 nitrogen and oxygen atoms in total. The second kappa shape index (κ2) is 9.23. The number of urea groups is 1. The first kappa shape index (κ1) is 16.5. The summed E-state index contributed by atoms with van der Waals surface area (Å²) < 4.78 is 0. The monoisotopic (exact) mass is 318 g/mol. The third-order valence-electron chi connectivity index (χ3n) is 3.57. The van der Waals surface area contributed by atoms with E-state index in [1.165, 1.54) is 5.56 Å². The zero-order valence-electron chi connectivity index (χ0n) is 12.5. The second-order valence-electron chi connectivity index (χ2n) is 5.15. The summed E-state index contributed by atoms with van der Waals surface area (Å²) in [5.74, 6) is 0.297. The normalized spacial score (nSPS) is 11.9. The minimum absolute atomic E-state index is 0.156. The number of hydrogen-bond donors (Lipinski definition) is 3. The van der Waals surface area contributed by atoms with Crippen molar-refractivity contribution in [2.75, 3.05) is 13.2 Å². The quantitative estimate of drug-likeness (QED) is 0.700. The molecule has 0 unspecified atom stereocenters. The highest BCUT2D eigenvalue weighted by Crippen LogP contribution is 2.24. The Morgan fingerprint density at radius 1 is 1.14 bits per heavy atom. The first-order chi connectivity index (χ1) is 10.8. The molecule has 0 saturated heterocycles.